The average Bonchev–Trinajstić information content (AvgIpc) is 2.83. The van der Waals surface area contributed by atoms with Crippen LogP contribution in [0.15, 0.2) is 12.1 Å². The van der Waals surface area contributed by atoms with Crippen molar-refractivity contribution in [1.29, 1.82) is 0 Å². The SMILES string of the molecule is CC(C)CCCC1NCCc2cc3c(cc21)OCO3. The van der Waals surface area contributed by atoms with Crippen LogP contribution in [0.4, 0.5) is 0 Å². The Morgan fingerprint density at radius 3 is 2.84 bits per heavy atom. The minimum Gasteiger partial charge on any atom is -0.454 e. The predicted molar refractivity (Wildman–Crippen MR) is 75.7 cm³/mol. The van der Waals surface area contributed by atoms with Crippen LogP contribution in [-0.2, 0) is 6.42 Å². The molecule has 0 radical (unpaired) electrons. The minimum absolute atomic E-state index is 0.365. The summed E-state index contributed by atoms with van der Waals surface area (Å²) in [6, 6.07) is 4.84. The van der Waals surface area contributed by atoms with Crippen molar-refractivity contribution >= 4 is 0 Å². The van der Waals surface area contributed by atoms with E-state index in [0.29, 0.717) is 12.8 Å². The summed E-state index contributed by atoms with van der Waals surface area (Å²) in [6.45, 7) is 6.02. The summed E-state index contributed by atoms with van der Waals surface area (Å²) >= 11 is 0. The maximum atomic E-state index is 5.51. The summed E-state index contributed by atoms with van der Waals surface area (Å²) in [7, 11) is 0. The summed E-state index contributed by atoms with van der Waals surface area (Å²) in [6.07, 6.45) is 4.89. The number of fused-ring (bicyclic) bond motifs is 2. The lowest BCUT2D eigenvalue weighted by atomic mass is 9.90. The number of benzene rings is 1. The van der Waals surface area contributed by atoms with Gasteiger partial charge in [-0.1, -0.05) is 26.7 Å². The summed E-state index contributed by atoms with van der Waals surface area (Å²) in [5.41, 5.74) is 2.84. The Morgan fingerprint density at radius 1 is 1.26 bits per heavy atom. The molecule has 2 aliphatic heterocycles. The van der Waals surface area contributed by atoms with Crippen LogP contribution >= 0.6 is 0 Å². The molecule has 3 rings (SSSR count). The third-order valence-electron chi connectivity index (χ3n) is 4.07. The van der Waals surface area contributed by atoms with E-state index in [9.17, 15) is 0 Å². The van der Waals surface area contributed by atoms with Gasteiger partial charge in [-0.3, -0.25) is 0 Å². The second-order valence-corrected chi connectivity index (χ2v) is 5.99. The number of hydrogen-bond acceptors (Lipinski definition) is 3. The van der Waals surface area contributed by atoms with Gasteiger partial charge in [0.25, 0.3) is 0 Å². The lowest BCUT2D eigenvalue weighted by Gasteiger charge is -2.27. The highest BCUT2D eigenvalue weighted by Gasteiger charge is 2.24. The van der Waals surface area contributed by atoms with E-state index in [2.05, 4.69) is 31.3 Å². The Bertz CT molecular complexity index is 456. The van der Waals surface area contributed by atoms with Crippen LogP contribution in [0.25, 0.3) is 0 Å². The Labute approximate surface area is 115 Å². The number of nitrogens with one attached hydrogen (secondary N) is 1. The Kier molecular flexibility index (Phi) is 3.65. The smallest absolute Gasteiger partial charge is 0.231 e. The summed E-state index contributed by atoms with van der Waals surface area (Å²) < 4.78 is 11.0. The fourth-order valence-electron chi connectivity index (χ4n) is 3.02. The highest BCUT2D eigenvalue weighted by Crippen LogP contribution is 2.39. The van der Waals surface area contributed by atoms with Gasteiger partial charge in [-0.25, -0.2) is 0 Å². The van der Waals surface area contributed by atoms with Gasteiger partial charge in [-0.15, -0.1) is 0 Å². The number of rotatable bonds is 4. The van der Waals surface area contributed by atoms with E-state index in [1.807, 2.05) is 0 Å². The van der Waals surface area contributed by atoms with E-state index in [0.717, 1.165) is 30.4 Å². The molecule has 104 valence electrons. The number of ether oxygens (including phenoxy) is 2. The first kappa shape index (κ1) is 12.8. The van der Waals surface area contributed by atoms with E-state index in [1.165, 1.54) is 30.4 Å². The largest absolute Gasteiger partial charge is 0.454 e. The van der Waals surface area contributed by atoms with E-state index in [4.69, 9.17) is 9.47 Å². The van der Waals surface area contributed by atoms with Crippen molar-refractivity contribution in [2.45, 2.75) is 45.6 Å². The van der Waals surface area contributed by atoms with Crippen LogP contribution in [0.5, 0.6) is 11.5 Å². The van der Waals surface area contributed by atoms with Crippen molar-refractivity contribution in [1.82, 2.24) is 5.32 Å². The average molecular weight is 261 g/mol. The molecule has 1 unspecified atom stereocenters. The molecule has 1 atom stereocenters. The first-order valence-electron chi connectivity index (χ1n) is 7.40. The molecule has 19 heavy (non-hydrogen) atoms. The molecule has 0 saturated heterocycles. The molecule has 0 fully saturated rings. The van der Waals surface area contributed by atoms with Gasteiger partial charge in [0.2, 0.25) is 6.79 Å². The molecule has 0 aromatic heterocycles. The fraction of sp³-hybridized carbons (Fsp3) is 0.625. The Hall–Kier alpha value is -1.22. The molecule has 0 spiro atoms. The van der Waals surface area contributed by atoms with E-state index >= 15 is 0 Å². The van der Waals surface area contributed by atoms with Crippen molar-refractivity contribution in [2.75, 3.05) is 13.3 Å². The maximum Gasteiger partial charge on any atom is 0.231 e. The molecule has 1 aromatic rings. The van der Waals surface area contributed by atoms with Crippen LogP contribution in [0, 0.1) is 5.92 Å². The first-order valence-corrected chi connectivity index (χ1v) is 7.40. The molecule has 3 nitrogen and oxygen atoms in total. The molecular weight excluding hydrogens is 238 g/mol. The van der Waals surface area contributed by atoms with E-state index in [1.54, 1.807) is 0 Å². The lowest BCUT2D eigenvalue weighted by molar-refractivity contribution is 0.174. The van der Waals surface area contributed by atoms with Gasteiger partial charge in [0.15, 0.2) is 11.5 Å². The Balaban J connectivity index is 1.75. The lowest BCUT2D eigenvalue weighted by Crippen LogP contribution is -2.29. The van der Waals surface area contributed by atoms with Crippen molar-refractivity contribution in [3.63, 3.8) is 0 Å². The van der Waals surface area contributed by atoms with Gasteiger partial charge in [-0.05, 0) is 48.6 Å². The van der Waals surface area contributed by atoms with Crippen LogP contribution in [0.1, 0.15) is 50.3 Å². The Morgan fingerprint density at radius 2 is 2.05 bits per heavy atom. The maximum absolute atomic E-state index is 5.51. The van der Waals surface area contributed by atoms with Crippen molar-refractivity contribution in [2.24, 2.45) is 5.92 Å². The minimum atomic E-state index is 0.365. The summed E-state index contributed by atoms with van der Waals surface area (Å²) in [4.78, 5) is 0. The fourth-order valence-corrected chi connectivity index (χ4v) is 3.02. The number of hydrogen-bond donors (Lipinski definition) is 1. The second-order valence-electron chi connectivity index (χ2n) is 5.99. The molecule has 0 saturated carbocycles. The molecular formula is C16H23NO2. The van der Waals surface area contributed by atoms with Crippen molar-refractivity contribution < 1.29 is 9.47 Å². The van der Waals surface area contributed by atoms with Gasteiger partial charge in [0.05, 0.1) is 0 Å². The highest BCUT2D eigenvalue weighted by atomic mass is 16.7. The van der Waals surface area contributed by atoms with E-state index in [-0.39, 0.29) is 0 Å². The van der Waals surface area contributed by atoms with Gasteiger partial charge in [-0.2, -0.15) is 0 Å². The molecule has 3 heteroatoms. The molecule has 0 amide bonds. The zero-order valence-corrected chi connectivity index (χ0v) is 11.9. The van der Waals surface area contributed by atoms with Crippen molar-refractivity contribution in [3.05, 3.63) is 23.3 Å². The molecule has 0 aliphatic carbocycles. The van der Waals surface area contributed by atoms with Gasteiger partial charge in [0.1, 0.15) is 0 Å². The molecule has 2 heterocycles. The standard InChI is InChI=1S/C16H23NO2/c1-11(2)4-3-5-14-13-9-16-15(18-10-19-16)8-12(13)6-7-17-14/h8-9,11,14,17H,3-7,10H2,1-2H3. The molecule has 1 N–H and O–H groups in total. The third kappa shape index (κ3) is 2.71. The zero-order valence-electron chi connectivity index (χ0n) is 11.9. The first-order chi connectivity index (χ1) is 9.24. The molecule has 2 aliphatic rings. The second kappa shape index (κ2) is 5.41. The van der Waals surface area contributed by atoms with Crippen LogP contribution < -0.4 is 14.8 Å². The van der Waals surface area contributed by atoms with Gasteiger partial charge < -0.3 is 14.8 Å². The topological polar surface area (TPSA) is 30.5 Å². The highest BCUT2D eigenvalue weighted by molar-refractivity contribution is 5.50. The van der Waals surface area contributed by atoms with Crippen LogP contribution in [-0.4, -0.2) is 13.3 Å². The summed E-state index contributed by atoms with van der Waals surface area (Å²) in [5.74, 6) is 2.62. The van der Waals surface area contributed by atoms with Crippen LogP contribution in [0.2, 0.25) is 0 Å². The quantitative estimate of drug-likeness (QED) is 0.900. The third-order valence-corrected chi connectivity index (χ3v) is 4.07. The van der Waals surface area contributed by atoms with Gasteiger partial charge in [0, 0.05) is 6.04 Å². The van der Waals surface area contributed by atoms with E-state index < -0.39 is 0 Å². The predicted octanol–water partition coefficient (Wildman–Crippen LogP) is 3.43. The van der Waals surface area contributed by atoms with Crippen LogP contribution in [0.3, 0.4) is 0 Å². The van der Waals surface area contributed by atoms with Crippen molar-refractivity contribution in [3.8, 4) is 11.5 Å². The zero-order chi connectivity index (χ0) is 13.2. The molecule has 1 aromatic carbocycles. The normalized spacial score (nSPS) is 20.7. The van der Waals surface area contributed by atoms with Gasteiger partial charge >= 0.3 is 0 Å². The summed E-state index contributed by atoms with van der Waals surface area (Å²) in [5, 5.41) is 3.64. The molecule has 0 bridgehead atoms. The monoisotopic (exact) mass is 261 g/mol.